The number of nitriles is 1. The van der Waals surface area contributed by atoms with E-state index in [1.807, 2.05) is 36.4 Å². The molecule has 0 amide bonds. The quantitative estimate of drug-likeness (QED) is 0.510. The molecule has 0 saturated heterocycles. The van der Waals surface area contributed by atoms with Gasteiger partial charge in [0.15, 0.2) is 0 Å². The Hall–Kier alpha value is -3.31. The topological polar surface area (TPSA) is 35.8 Å². The van der Waals surface area contributed by atoms with Gasteiger partial charge in [-0.3, -0.25) is 0 Å². The number of hydrogen-bond acceptors (Lipinski definition) is 2. The summed E-state index contributed by atoms with van der Waals surface area (Å²) in [4.78, 5) is 0. The highest BCUT2D eigenvalue weighted by Gasteiger charge is 2.11. The maximum atomic E-state index is 8.94. The third-order valence-electron chi connectivity index (χ3n) is 4.43. The van der Waals surface area contributed by atoms with Crippen molar-refractivity contribution < 1.29 is 0 Å². The maximum absolute atomic E-state index is 8.94. The Bertz CT molecular complexity index is 872. The van der Waals surface area contributed by atoms with Gasteiger partial charge >= 0.3 is 0 Å². The van der Waals surface area contributed by atoms with Crippen molar-refractivity contribution in [2.24, 2.45) is 0 Å². The molecule has 0 heterocycles. The minimum atomic E-state index is 0.200. The second-order valence-corrected chi connectivity index (χ2v) is 6.24. The molecule has 0 spiro atoms. The van der Waals surface area contributed by atoms with Gasteiger partial charge in [0.05, 0.1) is 17.7 Å². The van der Waals surface area contributed by atoms with Gasteiger partial charge in [-0.25, -0.2) is 0 Å². The van der Waals surface area contributed by atoms with E-state index in [0.717, 1.165) is 18.5 Å². The Morgan fingerprint density at radius 1 is 0.885 bits per heavy atom. The third-order valence-corrected chi connectivity index (χ3v) is 4.43. The Balaban J connectivity index is 1.80. The lowest BCUT2D eigenvalue weighted by atomic mass is 9.98. The Morgan fingerprint density at radius 2 is 1.54 bits per heavy atom. The van der Waals surface area contributed by atoms with Crippen molar-refractivity contribution in [3.8, 4) is 17.2 Å². The summed E-state index contributed by atoms with van der Waals surface area (Å²) in [5.74, 6) is 0. The van der Waals surface area contributed by atoms with Crippen molar-refractivity contribution in [1.29, 1.82) is 5.26 Å². The van der Waals surface area contributed by atoms with Gasteiger partial charge in [0.25, 0.3) is 0 Å². The predicted molar refractivity (Wildman–Crippen MR) is 109 cm³/mol. The summed E-state index contributed by atoms with van der Waals surface area (Å²) in [7, 11) is 0. The van der Waals surface area contributed by atoms with Crippen molar-refractivity contribution in [2.45, 2.75) is 18.9 Å². The van der Waals surface area contributed by atoms with Crippen LogP contribution in [0.4, 0.5) is 5.69 Å². The molecular weight excluding hydrogens is 316 g/mol. The van der Waals surface area contributed by atoms with E-state index < -0.39 is 0 Å². The third kappa shape index (κ3) is 4.40. The molecule has 0 aromatic heterocycles. The van der Waals surface area contributed by atoms with E-state index in [2.05, 4.69) is 66.5 Å². The lowest BCUT2D eigenvalue weighted by molar-refractivity contribution is 0.705. The summed E-state index contributed by atoms with van der Waals surface area (Å²) in [5, 5.41) is 12.5. The molecule has 3 rings (SSSR count). The number of anilines is 1. The number of nitrogens with one attached hydrogen (secondary N) is 1. The van der Waals surface area contributed by atoms with E-state index >= 15 is 0 Å². The van der Waals surface area contributed by atoms with Crippen LogP contribution in [0.1, 0.15) is 30.0 Å². The van der Waals surface area contributed by atoms with Gasteiger partial charge in [0.2, 0.25) is 0 Å². The molecule has 0 aliphatic heterocycles. The van der Waals surface area contributed by atoms with Crippen molar-refractivity contribution in [3.05, 3.63) is 103 Å². The fourth-order valence-corrected chi connectivity index (χ4v) is 2.99. The van der Waals surface area contributed by atoms with Gasteiger partial charge in [0.1, 0.15) is 0 Å². The molecule has 1 atom stereocenters. The van der Waals surface area contributed by atoms with E-state index in [1.54, 1.807) is 0 Å². The highest BCUT2D eigenvalue weighted by Crippen LogP contribution is 2.27. The summed E-state index contributed by atoms with van der Waals surface area (Å²) in [6.45, 7) is 3.85. The monoisotopic (exact) mass is 338 g/mol. The van der Waals surface area contributed by atoms with E-state index in [4.69, 9.17) is 5.26 Å². The van der Waals surface area contributed by atoms with Crippen LogP contribution in [0.5, 0.6) is 0 Å². The number of hydrogen-bond donors (Lipinski definition) is 1. The van der Waals surface area contributed by atoms with Crippen molar-refractivity contribution in [2.75, 3.05) is 5.32 Å². The number of benzene rings is 3. The zero-order chi connectivity index (χ0) is 18.2. The van der Waals surface area contributed by atoms with Gasteiger partial charge < -0.3 is 5.32 Å². The van der Waals surface area contributed by atoms with Gasteiger partial charge in [-0.15, -0.1) is 6.58 Å². The van der Waals surface area contributed by atoms with E-state index in [-0.39, 0.29) is 6.04 Å². The normalized spacial score (nSPS) is 11.3. The van der Waals surface area contributed by atoms with Crippen LogP contribution >= 0.6 is 0 Å². The van der Waals surface area contributed by atoms with Crippen LogP contribution in [0.3, 0.4) is 0 Å². The average Bonchev–Trinajstić information content (AvgIpc) is 2.72. The standard InChI is InChI=1S/C24H22N2/c1-2-3-9-24(26-23-16-10-19(18-25)11-17-23)22-14-12-21(13-15-22)20-7-5-4-6-8-20/h2,4-8,10-17,24,26H,1,3,9H2. The van der Waals surface area contributed by atoms with Crippen LogP contribution < -0.4 is 5.32 Å². The first-order chi connectivity index (χ1) is 12.8. The Kier molecular flexibility index (Phi) is 5.85. The highest BCUT2D eigenvalue weighted by atomic mass is 14.9. The highest BCUT2D eigenvalue weighted by molar-refractivity contribution is 5.63. The molecule has 0 bridgehead atoms. The molecule has 0 saturated carbocycles. The lowest BCUT2D eigenvalue weighted by Crippen LogP contribution is -2.10. The summed E-state index contributed by atoms with van der Waals surface area (Å²) < 4.78 is 0. The average molecular weight is 338 g/mol. The van der Waals surface area contributed by atoms with Crippen LogP contribution in [-0.2, 0) is 0 Å². The molecule has 1 N–H and O–H groups in total. The first kappa shape index (κ1) is 17.5. The van der Waals surface area contributed by atoms with Gasteiger partial charge in [-0.1, -0.05) is 60.7 Å². The van der Waals surface area contributed by atoms with Crippen molar-refractivity contribution in [3.63, 3.8) is 0 Å². The number of allylic oxidation sites excluding steroid dienone is 1. The maximum Gasteiger partial charge on any atom is 0.0991 e. The first-order valence-corrected chi connectivity index (χ1v) is 8.83. The van der Waals surface area contributed by atoms with E-state index in [0.29, 0.717) is 5.56 Å². The van der Waals surface area contributed by atoms with Crippen LogP contribution in [-0.4, -0.2) is 0 Å². The largest absolute Gasteiger partial charge is 0.378 e. The molecule has 0 aliphatic rings. The molecule has 2 nitrogen and oxygen atoms in total. The molecule has 0 aliphatic carbocycles. The molecule has 1 unspecified atom stereocenters. The molecule has 2 heteroatoms. The number of nitrogens with zero attached hydrogens (tertiary/aromatic N) is 1. The van der Waals surface area contributed by atoms with Crippen LogP contribution in [0, 0.1) is 11.3 Å². The summed E-state index contributed by atoms with van der Waals surface area (Å²) in [6, 6.07) is 29.1. The van der Waals surface area contributed by atoms with Gasteiger partial charge in [-0.2, -0.15) is 5.26 Å². The second kappa shape index (κ2) is 8.69. The SMILES string of the molecule is C=CCCC(Nc1ccc(C#N)cc1)c1ccc(-c2ccccc2)cc1. The zero-order valence-electron chi connectivity index (χ0n) is 14.7. The number of rotatable bonds is 7. The molecule has 3 aromatic rings. The van der Waals surface area contributed by atoms with Crippen LogP contribution in [0.15, 0.2) is 91.5 Å². The Morgan fingerprint density at radius 3 is 2.15 bits per heavy atom. The summed E-state index contributed by atoms with van der Waals surface area (Å²) in [6.07, 6.45) is 3.86. The van der Waals surface area contributed by atoms with E-state index in [1.165, 1.54) is 16.7 Å². The fourth-order valence-electron chi connectivity index (χ4n) is 2.99. The zero-order valence-corrected chi connectivity index (χ0v) is 14.7. The first-order valence-electron chi connectivity index (χ1n) is 8.83. The lowest BCUT2D eigenvalue weighted by Gasteiger charge is -2.20. The van der Waals surface area contributed by atoms with Crippen LogP contribution in [0.2, 0.25) is 0 Å². The summed E-state index contributed by atoms with van der Waals surface area (Å²) in [5.41, 5.74) is 5.38. The molecule has 0 radical (unpaired) electrons. The minimum absolute atomic E-state index is 0.200. The molecule has 128 valence electrons. The van der Waals surface area contributed by atoms with Crippen LogP contribution in [0.25, 0.3) is 11.1 Å². The van der Waals surface area contributed by atoms with E-state index in [9.17, 15) is 0 Å². The van der Waals surface area contributed by atoms with Crippen molar-refractivity contribution >= 4 is 5.69 Å². The Labute approximate surface area is 155 Å². The smallest absolute Gasteiger partial charge is 0.0991 e. The molecule has 0 fully saturated rings. The van der Waals surface area contributed by atoms with Gasteiger partial charge in [0, 0.05) is 5.69 Å². The summed E-state index contributed by atoms with van der Waals surface area (Å²) >= 11 is 0. The molecule has 3 aromatic carbocycles. The van der Waals surface area contributed by atoms with Gasteiger partial charge in [-0.05, 0) is 53.8 Å². The predicted octanol–water partition coefficient (Wildman–Crippen LogP) is 6.34. The minimum Gasteiger partial charge on any atom is -0.378 e. The molecule has 26 heavy (non-hydrogen) atoms. The second-order valence-electron chi connectivity index (χ2n) is 6.24. The van der Waals surface area contributed by atoms with Crippen molar-refractivity contribution in [1.82, 2.24) is 0 Å². The fraction of sp³-hybridized carbons (Fsp3) is 0.125. The molecular formula is C24H22N2.